The SMILES string of the molecule is Clc1ccc(C2Sc3ccccc3N=C3c4ccccc4C(c4ccccc4)C32)cc1. The van der Waals surface area contributed by atoms with E-state index in [0.29, 0.717) is 0 Å². The molecule has 0 aromatic heterocycles. The fraction of sp³-hybridized carbons (Fsp3) is 0.107. The second kappa shape index (κ2) is 7.71. The first-order valence-corrected chi connectivity index (χ1v) is 11.8. The molecule has 3 heteroatoms. The molecule has 1 nitrogen and oxygen atoms in total. The molecule has 4 aromatic carbocycles. The maximum Gasteiger partial charge on any atom is 0.0769 e. The van der Waals surface area contributed by atoms with Crippen LogP contribution < -0.4 is 0 Å². The summed E-state index contributed by atoms with van der Waals surface area (Å²) in [4.78, 5) is 6.51. The molecule has 3 unspecified atom stereocenters. The van der Waals surface area contributed by atoms with Crippen LogP contribution in [0.1, 0.15) is 33.4 Å². The van der Waals surface area contributed by atoms with Crippen molar-refractivity contribution in [1.29, 1.82) is 0 Å². The van der Waals surface area contributed by atoms with E-state index in [9.17, 15) is 0 Å². The highest BCUT2D eigenvalue weighted by Gasteiger charge is 2.45. The Kier molecular flexibility index (Phi) is 4.70. The van der Waals surface area contributed by atoms with Crippen molar-refractivity contribution in [2.75, 3.05) is 0 Å². The molecule has 31 heavy (non-hydrogen) atoms. The quantitative estimate of drug-likeness (QED) is 0.309. The molecule has 2 aliphatic rings. The third-order valence-corrected chi connectivity index (χ3v) is 7.96. The van der Waals surface area contributed by atoms with Crippen molar-refractivity contribution >= 4 is 34.8 Å². The van der Waals surface area contributed by atoms with Crippen LogP contribution in [0.5, 0.6) is 0 Å². The molecule has 0 saturated carbocycles. The maximum atomic E-state index is 6.24. The number of benzene rings is 4. The first-order valence-electron chi connectivity index (χ1n) is 10.5. The van der Waals surface area contributed by atoms with E-state index >= 15 is 0 Å². The van der Waals surface area contributed by atoms with E-state index in [-0.39, 0.29) is 17.1 Å². The summed E-state index contributed by atoms with van der Waals surface area (Å²) in [6.45, 7) is 0. The molecule has 150 valence electrons. The van der Waals surface area contributed by atoms with Crippen LogP contribution in [0.25, 0.3) is 0 Å². The highest BCUT2D eigenvalue weighted by atomic mass is 35.5. The Balaban J connectivity index is 1.62. The Bertz CT molecular complexity index is 1280. The summed E-state index contributed by atoms with van der Waals surface area (Å²) < 4.78 is 0. The zero-order chi connectivity index (χ0) is 20.8. The lowest BCUT2D eigenvalue weighted by molar-refractivity contribution is 0.612. The number of hydrogen-bond acceptors (Lipinski definition) is 2. The maximum absolute atomic E-state index is 6.24. The summed E-state index contributed by atoms with van der Waals surface area (Å²) in [7, 11) is 0. The van der Waals surface area contributed by atoms with Crippen LogP contribution in [-0.4, -0.2) is 5.71 Å². The summed E-state index contributed by atoms with van der Waals surface area (Å²) in [5.74, 6) is 0.497. The molecular weight excluding hydrogens is 418 g/mol. The summed E-state index contributed by atoms with van der Waals surface area (Å²) in [6.07, 6.45) is 0. The Hall–Kier alpha value is -2.81. The predicted molar refractivity (Wildman–Crippen MR) is 131 cm³/mol. The second-order valence-corrected chi connectivity index (χ2v) is 9.68. The smallest absolute Gasteiger partial charge is 0.0769 e. The molecule has 0 spiro atoms. The van der Waals surface area contributed by atoms with Gasteiger partial charge in [-0.25, -0.2) is 0 Å². The highest BCUT2D eigenvalue weighted by Crippen LogP contribution is 2.57. The lowest BCUT2D eigenvalue weighted by Crippen LogP contribution is -2.21. The summed E-state index contributed by atoms with van der Waals surface area (Å²) in [5.41, 5.74) is 7.54. The van der Waals surface area contributed by atoms with Crippen LogP contribution in [0.4, 0.5) is 5.69 Å². The zero-order valence-electron chi connectivity index (χ0n) is 16.8. The van der Waals surface area contributed by atoms with Gasteiger partial charge >= 0.3 is 0 Å². The van der Waals surface area contributed by atoms with E-state index in [1.54, 1.807) is 0 Å². The van der Waals surface area contributed by atoms with Crippen LogP contribution in [-0.2, 0) is 0 Å². The third kappa shape index (κ3) is 3.22. The minimum atomic E-state index is 0.234. The molecule has 1 aliphatic carbocycles. The summed E-state index contributed by atoms with van der Waals surface area (Å²) in [6, 6.07) is 36.6. The van der Waals surface area contributed by atoms with Gasteiger partial charge in [0.25, 0.3) is 0 Å². The van der Waals surface area contributed by atoms with Crippen LogP contribution in [0.15, 0.2) is 113 Å². The average molecular weight is 438 g/mol. The molecule has 0 radical (unpaired) electrons. The fourth-order valence-corrected chi connectivity index (χ4v) is 6.47. The molecule has 0 N–H and O–H groups in total. The Morgan fingerprint density at radius 3 is 2.23 bits per heavy atom. The van der Waals surface area contributed by atoms with Gasteiger partial charge in [0.15, 0.2) is 0 Å². The Labute approximate surface area is 191 Å². The molecule has 0 bridgehead atoms. The number of rotatable bonds is 2. The average Bonchev–Trinajstić information content (AvgIpc) is 3.03. The summed E-state index contributed by atoms with van der Waals surface area (Å²) in [5, 5.41) is 1.00. The van der Waals surface area contributed by atoms with Crippen LogP contribution in [0.3, 0.4) is 0 Å². The van der Waals surface area contributed by atoms with Crippen molar-refractivity contribution < 1.29 is 0 Å². The zero-order valence-corrected chi connectivity index (χ0v) is 18.4. The van der Waals surface area contributed by atoms with E-state index < -0.39 is 0 Å². The molecule has 1 heterocycles. The van der Waals surface area contributed by atoms with Gasteiger partial charge in [0.1, 0.15) is 0 Å². The minimum absolute atomic E-state index is 0.234. The number of thioether (sulfide) groups is 1. The van der Waals surface area contributed by atoms with Crippen LogP contribution in [0, 0.1) is 5.92 Å². The molecular formula is C28H20ClNS. The number of hydrogen-bond donors (Lipinski definition) is 0. The fourth-order valence-electron chi connectivity index (χ4n) is 4.95. The lowest BCUT2D eigenvalue weighted by Gasteiger charge is -2.29. The van der Waals surface area contributed by atoms with E-state index in [4.69, 9.17) is 16.6 Å². The van der Waals surface area contributed by atoms with Crippen molar-refractivity contribution in [3.63, 3.8) is 0 Å². The predicted octanol–water partition coefficient (Wildman–Crippen LogP) is 8.07. The van der Waals surface area contributed by atoms with E-state index in [0.717, 1.165) is 10.7 Å². The topological polar surface area (TPSA) is 12.4 Å². The van der Waals surface area contributed by atoms with Gasteiger partial charge in [0.05, 0.1) is 11.4 Å². The molecule has 4 aromatic rings. The van der Waals surface area contributed by atoms with E-state index in [1.165, 1.54) is 32.9 Å². The largest absolute Gasteiger partial charge is 0.251 e. The standard InChI is InChI=1S/C28H20ClNS/c29-20-16-14-19(15-17-20)28-26-25(18-8-2-1-3-9-18)21-10-4-5-11-22(21)27(26)30-23-12-6-7-13-24(23)31-28/h1-17,25-26,28H. The molecule has 0 amide bonds. The molecule has 3 atom stereocenters. The first-order chi connectivity index (χ1) is 15.3. The van der Waals surface area contributed by atoms with Crippen molar-refractivity contribution in [3.05, 3.63) is 130 Å². The van der Waals surface area contributed by atoms with Gasteiger partial charge < -0.3 is 0 Å². The number of para-hydroxylation sites is 1. The molecule has 1 aliphatic heterocycles. The van der Waals surface area contributed by atoms with Crippen LogP contribution >= 0.6 is 23.4 Å². The molecule has 0 saturated heterocycles. The van der Waals surface area contributed by atoms with Crippen molar-refractivity contribution in [2.24, 2.45) is 10.9 Å². The molecule has 6 rings (SSSR count). The molecule has 0 fully saturated rings. The summed E-state index contributed by atoms with van der Waals surface area (Å²) >= 11 is 8.17. The lowest BCUT2D eigenvalue weighted by atomic mass is 9.81. The van der Waals surface area contributed by atoms with Gasteiger partial charge in [-0.3, -0.25) is 4.99 Å². The second-order valence-electron chi connectivity index (χ2n) is 8.06. The minimum Gasteiger partial charge on any atom is -0.251 e. The van der Waals surface area contributed by atoms with Gasteiger partial charge in [-0.1, -0.05) is 90.5 Å². The van der Waals surface area contributed by atoms with E-state index in [1.807, 2.05) is 23.9 Å². The first kappa shape index (κ1) is 18.9. The number of halogens is 1. The Morgan fingerprint density at radius 2 is 1.39 bits per heavy atom. The Morgan fingerprint density at radius 1 is 0.677 bits per heavy atom. The third-order valence-electron chi connectivity index (χ3n) is 6.29. The number of aliphatic imine (C=N–C) groups is 1. The monoisotopic (exact) mass is 437 g/mol. The highest BCUT2D eigenvalue weighted by molar-refractivity contribution is 7.99. The van der Waals surface area contributed by atoms with Gasteiger partial charge in [-0.05, 0) is 41.0 Å². The van der Waals surface area contributed by atoms with Gasteiger partial charge in [-0.15, -0.1) is 11.8 Å². The van der Waals surface area contributed by atoms with Gasteiger partial charge in [0.2, 0.25) is 0 Å². The number of nitrogens with zero attached hydrogens (tertiary/aromatic N) is 1. The van der Waals surface area contributed by atoms with E-state index in [2.05, 4.69) is 91.0 Å². The number of fused-ring (bicyclic) bond motifs is 4. The van der Waals surface area contributed by atoms with Gasteiger partial charge in [-0.2, -0.15) is 0 Å². The van der Waals surface area contributed by atoms with Crippen LogP contribution in [0.2, 0.25) is 5.02 Å². The normalized spacial score (nSPS) is 21.5. The van der Waals surface area contributed by atoms with Crippen molar-refractivity contribution in [1.82, 2.24) is 0 Å². The van der Waals surface area contributed by atoms with Gasteiger partial charge in [0, 0.05) is 32.6 Å². The van der Waals surface area contributed by atoms with Crippen molar-refractivity contribution in [3.8, 4) is 0 Å². The van der Waals surface area contributed by atoms with Crippen molar-refractivity contribution in [2.45, 2.75) is 16.1 Å².